The van der Waals surface area contributed by atoms with Crippen molar-refractivity contribution in [2.45, 2.75) is 32.4 Å². The van der Waals surface area contributed by atoms with Gasteiger partial charge in [0.05, 0.1) is 0 Å². The maximum absolute atomic E-state index is 13.7. The van der Waals surface area contributed by atoms with Crippen molar-refractivity contribution in [1.82, 2.24) is 10.3 Å². The minimum absolute atomic E-state index is 0.0677. The molecule has 2 aromatic rings. The van der Waals surface area contributed by atoms with Crippen LogP contribution in [0.25, 0.3) is 0 Å². The lowest BCUT2D eigenvalue weighted by Gasteiger charge is -2.15. The van der Waals surface area contributed by atoms with Crippen LogP contribution in [0.2, 0.25) is 0 Å². The Balaban J connectivity index is 1.74. The molecule has 0 aliphatic heterocycles. The molecule has 98 valence electrons. The van der Waals surface area contributed by atoms with Crippen LogP contribution in [-0.4, -0.2) is 4.98 Å². The zero-order valence-corrected chi connectivity index (χ0v) is 11.0. The Morgan fingerprint density at radius 3 is 3.11 bits per heavy atom. The van der Waals surface area contributed by atoms with Crippen LogP contribution < -0.4 is 5.32 Å². The van der Waals surface area contributed by atoms with Crippen LogP contribution in [0, 0.1) is 12.7 Å². The second-order valence-electron chi connectivity index (χ2n) is 5.08. The smallest absolute Gasteiger partial charge is 0.126 e. The number of benzene rings is 1. The van der Waals surface area contributed by atoms with E-state index in [1.807, 2.05) is 24.5 Å². The minimum atomic E-state index is -0.0677. The largest absolute Gasteiger partial charge is 0.306 e. The summed E-state index contributed by atoms with van der Waals surface area (Å²) >= 11 is 0. The molecule has 1 heterocycles. The molecule has 0 radical (unpaired) electrons. The summed E-state index contributed by atoms with van der Waals surface area (Å²) in [7, 11) is 0. The van der Waals surface area contributed by atoms with Gasteiger partial charge in [-0.1, -0.05) is 12.1 Å². The molecule has 1 aliphatic rings. The van der Waals surface area contributed by atoms with E-state index in [-0.39, 0.29) is 11.9 Å². The molecule has 1 aliphatic carbocycles. The van der Waals surface area contributed by atoms with Gasteiger partial charge in [-0.3, -0.25) is 4.98 Å². The Labute approximate surface area is 112 Å². The molecular weight excluding hydrogens is 239 g/mol. The Kier molecular flexibility index (Phi) is 3.30. The second kappa shape index (κ2) is 5.10. The first-order valence-electron chi connectivity index (χ1n) is 6.66. The molecular formula is C16H17FN2. The van der Waals surface area contributed by atoms with Gasteiger partial charge in [-0.2, -0.15) is 0 Å². The third kappa shape index (κ3) is 2.38. The van der Waals surface area contributed by atoms with Crippen LogP contribution in [0.15, 0.2) is 36.7 Å². The van der Waals surface area contributed by atoms with Gasteiger partial charge >= 0.3 is 0 Å². The fourth-order valence-electron chi connectivity index (χ4n) is 2.76. The summed E-state index contributed by atoms with van der Waals surface area (Å²) in [6.07, 6.45) is 5.49. The first kappa shape index (κ1) is 12.3. The number of pyridine rings is 1. The van der Waals surface area contributed by atoms with Crippen molar-refractivity contribution < 1.29 is 4.39 Å². The van der Waals surface area contributed by atoms with Crippen molar-refractivity contribution in [2.24, 2.45) is 0 Å². The van der Waals surface area contributed by atoms with Gasteiger partial charge in [0.1, 0.15) is 5.82 Å². The fourth-order valence-corrected chi connectivity index (χ4v) is 2.76. The maximum atomic E-state index is 13.7. The molecule has 3 rings (SSSR count). The molecule has 1 aromatic carbocycles. The van der Waals surface area contributed by atoms with E-state index in [0.717, 1.165) is 30.5 Å². The van der Waals surface area contributed by atoms with Crippen molar-refractivity contribution in [2.75, 3.05) is 0 Å². The summed E-state index contributed by atoms with van der Waals surface area (Å²) in [5.41, 5.74) is 4.44. The number of nitrogens with zero attached hydrogens (tertiary/aromatic N) is 1. The number of nitrogens with one attached hydrogen (secondary N) is 1. The van der Waals surface area contributed by atoms with Gasteiger partial charge in [-0.05, 0) is 54.2 Å². The molecule has 0 saturated carbocycles. The number of hydrogen-bond donors (Lipinski definition) is 1. The molecule has 0 amide bonds. The van der Waals surface area contributed by atoms with Crippen molar-refractivity contribution in [1.29, 1.82) is 0 Å². The van der Waals surface area contributed by atoms with Gasteiger partial charge in [0.15, 0.2) is 0 Å². The Hall–Kier alpha value is -1.74. The number of hydrogen-bond acceptors (Lipinski definition) is 2. The summed E-state index contributed by atoms with van der Waals surface area (Å²) in [6.45, 7) is 2.86. The molecule has 19 heavy (non-hydrogen) atoms. The highest BCUT2D eigenvalue weighted by molar-refractivity contribution is 5.35. The number of rotatable bonds is 3. The first-order chi connectivity index (χ1) is 9.25. The third-order valence-electron chi connectivity index (χ3n) is 3.89. The molecule has 0 fully saturated rings. The monoisotopic (exact) mass is 256 g/mol. The Bertz CT molecular complexity index is 595. The molecule has 0 bridgehead atoms. The highest BCUT2D eigenvalue weighted by Crippen LogP contribution is 2.32. The topological polar surface area (TPSA) is 24.9 Å². The van der Waals surface area contributed by atoms with Gasteiger partial charge < -0.3 is 5.32 Å². The van der Waals surface area contributed by atoms with E-state index < -0.39 is 0 Å². The lowest BCUT2D eigenvalue weighted by Crippen LogP contribution is -2.19. The summed E-state index contributed by atoms with van der Waals surface area (Å²) in [5.74, 6) is -0.0677. The highest BCUT2D eigenvalue weighted by atomic mass is 19.1. The highest BCUT2D eigenvalue weighted by Gasteiger charge is 2.24. The molecule has 1 atom stereocenters. The fraction of sp³-hybridized carbons (Fsp3) is 0.312. The van der Waals surface area contributed by atoms with Crippen LogP contribution in [-0.2, 0) is 13.0 Å². The third-order valence-corrected chi connectivity index (χ3v) is 3.89. The normalized spacial score (nSPS) is 17.5. The standard InChI is InChI=1S/C16H17FN2/c1-11-9-18-8-7-12(11)10-19-16-6-5-13-14(16)3-2-4-15(13)17/h2-4,7-9,16,19H,5-6,10H2,1H3. The summed E-state index contributed by atoms with van der Waals surface area (Å²) < 4.78 is 13.7. The number of fused-ring (bicyclic) bond motifs is 1. The van der Waals surface area contributed by atoms with Crippen molar-refractivity contribution in [3.05, 3.63) is 64.7 Å². The van der Waals surface area contributed by atoms with Gasteiger partial charge in [0.25, 0.3) is 0 Å². The van der Waals surface area contributed by atoms with Gasteiger partial charge in [-0.25, -0.2) is 4.39 Å². The average Bonchev–Trinajstić information content (AvgIpc) is 2.83. The van der Waals surface area contributed by atoms with Gasteiger partial charge in [0.2, 0.25) is 0 Å². The van der Waals surface area contributed by atoms with Crippen molar-refractivity contribution in [3.8, 4) is 0 Å². The van der Waals surface area contributed by atoms with E-state index in [9.17, 15) is 4.39 Å². The van der Waals surface area contributed by atoms with Crippen LogP contribution in [0.3, 0.4) is 0 Å². The maximum Gasteiger partial charge on any atom is 0.126 e. The lowest BCUT2D eigenvalue weighted by atomic mass is 10.1. The summed E-state index contributed by atoms with van der Waals surface area (Å²) in [4.78, 5) is 4.09. The number of aromatic nitrogens is 1. The molecule has 0 spiro atoms. The minimum Gasteiger partial charge on any atom is -0.306 e. The van der Waals surface area contributed by atoms with E-state index in [2.05, 4.69) is 17.2 Å². The summed E-state index contributed by atoms with van der Waals surface area (Å²) in [5, 5.41) is 3.53. The molecule has 0 saturated heterocycles. The first-order valence-corrected chi connectivity index (χ1v) is 6.66. The number of aryl methyl sites for hydroxylation is 1. The van der Waals surface area contributed by atoms with Crippen LogP contribution in [0.5, 0.6) is 0 Å². The Morgan fingerprint density at radius 2 is 2.26 bits per heavy atom. The van der Waals surface area contributed by atoms with Gasteiger partial charge in [-0.15, -0.1) is 0 Å². The molecule has 1 N–H and O–H groups in total. The molecule has 1 aromatic heterocycles. The second-order valence-corrected chi connectivity index (χ2v) is 5.08. The average molecular weight is 256 g/mol. The van der Waals surface area contributed by atoms with Crippen LogP contribution in [0.4, 0.5) is 4.39 Å². The predicted octanol–water partition coefficient (Wildman–Crippen LogP) is 3.31. The molecule has 1 unspecified atom stereocenters. The Morgan fingerprint density at radius 1 is 1.37 bits per heavy atom. The van der Waals surface area contributed by atoms with E-state index >= 15 is 0 Å². The molecule has 2 nitrogen and oxygen atoms in total. The van der Waals surface area contributed by atoms with Crippen LogP contribution >= 0.6 is 0 Å². The van der Waals surface area contributed by atoms with E-state index in [4.69, 9.17) is 0 Å². The van der Waals surface area contributed by atoms with Crippen molar-refractivity contribution >= 4 is 0 Å². The van der Waals surface area contributed by atoms with Crippen LogP contribution in [0.1, 0.15) is 34.7 Å². The zero-order chi connectivity index (χ0) is 13.2. The predicted molar refractivity (Wildman–Crippen MR) is 73.3 cm³/mol. The van der Waals surface area contributed by atoms with E-state index in [1.165, 1.54) is 11.1 Å². The zero-order valence-electron chi connectivity index (χ0n) is 11.0. The van der Waals surface area contributed by atoms with E-state index in [0.29, 0.717) is 0 Å². The summed E-state index contributed by atoms with van der Waals surface area (Å²) in [6, 6.07) is 7.67. The van der Waals surface area contributed by atoms with Crippen molar-refractivity contribution in [3.63, 3.8) is 0 Å². The lowest BCUT2D eigenvalue weighted by molar-refractivity contribution is 0.529. The number of halogens is 1. The quantitative estimate of drug-likeness (QED) is 0.911. The molecule has 3 heteroatoms. The SMILES string of the molecule is Cc1cnccc1CNC1CCc2c(F)cccc21. The van der Waals surface area contributed by atoms with E-state index in [1.54, 1.807) is 12.1 Å². The van der Waals surface area contributed by atoms with Gasteiger partial charge in [0, 0.05) is 25.0 Å².